The number of nitrogens with one attached hydrogen (secondary N) is 1. The predicted molar refractivity (Wildman–Crippen MR) is 82.0 cm³/mol. The van der Waals surface area contributed by atoms with E-state index in [9.17, 15) is 17.6 Å². The smallest absolute Gasteiger partial charge is 0.268 e. The van der Waals surface area contributed by atoms with Gasteiger partial charge in [-0.15, -0.1) is 11.3 Å². The molecule has 4 nitrogen and oxygen atoms in total. The first kappa shape index (κ1) is 15.7. The zero-order chi connectivity index (χ0) is 15.6. The highest BCUT2D eigenvalue weighted by Crippen LogP contribution is 2.23. The number of rotatable bonds is 4. The fraction of sp³-hybridized carbons (Fsp3) is 0.214. The van der Waals surface area contributed by atoms with Gasteiger partial charge in [0, 0.05) is 11.9 Å². The fourth-order valence-corrected chi connectivity index (χ4v) is 3.43. The Hall–Kier alpha value is -1.73. The summed E-state index contributed by atoms with van der Waals surface area (Å²) in [5.74, 6) is -1.21. The van der Waals surface area contributed by atoms with Gasteiger partial charge < -0.3 is 5.32 Å². The molecule has 0 spiro atoms. The van der Waals surface area contributed by atoms with Crippen LogP contribution in [0.4, 0.5) is 10.1 Å². The molecule has 1 aromatic carbocycles. The molecular formula is C14H14FNO3S2. The van der Waals surface area contributed by atoms with Gasteiger partial charge in [0.25, 0.3) is 5.91 Å². The van der Waals surface area contributed by atoms with Crippen LogP contribution in [0, 0.1) is 12.7 Å². The van der Waals surface area contributed by atoms with Crippen LogP contribution in [0.15, 0.2) is 29.6 Å². The maximum Gasteiger partial charge on any atom is 0.268 e. The number of amides is 1. The second-order valence-electron chi connectivity index (χ2n) is 4.71. The van der Waals surface area contributed by atoms with Crippen molar-refractivity contribution >= 4 is 32.8 Å². The Kier molecular flexibility index (Phi) is 4.43. The number of hydrogen-bond acceptors (Lipinski definition) is 4. The summed E-state index contributed by atoms with van der Waals surface area (Å²) in [5, 5.41) is 4.11. The molecule has 112 valence electrons. The summed E-state index contributed by atoms with van der Waals surface area (Å²) in [6.45, 7) is 1.72. The van der Waals surface area contributed by atoms with Gasteiger partial charge >= 0.3 is 0 Å². The third-order valence-corrected chi connectivity index (χ3v) is 4.66. The van der Waals surface area contributed by atoms with Crippen molar-refractivity contribution < 1.29 is 17.6 Å². The number of thiophene rings is 1. The van der Waals surface area contributed by atoms with Crippen molar-refractivity contribution in [2.45, 2.75) is 12.7 Å². The van der Waals surface area contributed by atoms with Crippen LogP contribution in [0.2, 0.25) is 0 Å². The first-order valence-electron chi connectivity index (χ1n) is 6.08. The summed E-state index contributed by atoms with van der Waals surface area (Å²) in [6.07, 6.45) is 1.15. The molecule has 1 N–H and O–H groups in total. The highest BCUT2D eigenvalue weighted by atomic mass is 32.2. The molecule has 21 heavy (non-hydrogen) atoms. The summed E-state index contributed by atoms with van der Waals surface area (Å²) in [7, 11) is -3.17. The molecule has 0 bridgehead atoms. The Labute approximate surface area is 126 Å². The van der Waals surface area contributed by atoms with Gasteiger partial charge in [-0.2, -0.15) is 0 Å². The van der Waals surface area contributed by atoms with E-state index < -0.39 is 21.6 Å². The summed E-state index contributed by atoms with van der Waals surface area (Å²) in [6, 6.07) is 6.24. The largest absolute Gasteiger partial charge is 0.321 e. The lowest BCUT2D eigenvalue weighted by atomic mass is 10.1. The standard InChI is InChI=1S/C14H14FNO3S2/c1-9-10(8-21(2,18)19)4-3-5-12(9)16-14(17)13-11(15)6-7-20-13/h3-7H,8H2,1-2H3,(H,16,17). The molecule has 0 saturated carbocycles. The van der Waals surface area contributed by atoms with Gasteiger partial charge in [0.2, 0.25) is 0 Å². The Morgan fingerprint density at radius 2 is 2.05 bits per heavy atom. The minimum Gasteiger partial charge on any atom is -0.321 e. The molecule has 1 aromatic heterocycles. The molecule has 1 amide bonds. The molecule has 0 radical (unpaired) electrons. The molecule has 7 heteroatoms. The summed E-state index contributed by atoms with van der Waals surface area (Å²) in [4.78, 5) is 12.0. The lowest BCUT2D eigenvalue weighted by Gasteiger charge is -2.11. The van der Waals surface area contributed by atoms with Gasteiger partial charge in [0.15, 0.2) is 9.84 Å². The zero-order valence-corrected chi connectivity index (χ0v) is 13.1. The molecule has 0 atom stereocenters. The molecule has 0 aliphatic heterocycles. The van der Waals surface area contributed by atoms with Crippen molar-refractivity contribution in [3.8, 4) is 0 Å². The lowest BCUT2D eigenvalue weighted by Crippen LogP contribution is -2.13. The van der Waals surface area contributed by atoms with Gasteiger partial charge in [-0.05, 0) is 35.6 Å². The van der Waals surface area contributed by atoms with E-state index >= 15 is 0 Å². The van der Waals surface area contributed by atoms with Gasteiger partial charge in [-0.25, -0.2) is 12.8 Å². The molecule has 2 rings (SSSR count). The summed E-state index contributed by atoms with van der Waals surface area (Å²) in [5.41, 5.74) is 1.75. The van der Waals surface area contributed by atoms with Crippen LogP contribution >= 0.6 is 11.3 Å². The van der Waals surface area contributed by atoms with E-state index in [1.54, 1.807) is 25.1 Å². The average Bonchev–Trinajstić information content (AvgIpc) is 2.79. The first-order chi connectivity index (χ1) is 9.78. The molecule has 2 aromatic rings. The Balaban J connectivity index is 2.27. The van der Waals surface area contributed by atoms with Gasteiger partial charge in [-0.3, -0.25) is 4.79 Å². The predicted octanol–water partition coefficient (Wildman–Crippen LogP) is 2.99. The number of anilines is 1. The molecule has 0 fully saturated rings. The third kappa shape index (κ3) is 3.89. The van der Waals surface area contributed by atoms with Crippen molar-refractivity contribution in [2.24, 2.45) is 0 Å². The van der Waals surface area contributed by atoms with E-state index in [1.807, 2.05) is 0 Å². The van der Waals surface area contributed by atoms with E-state index in [-0.39, 0.29) is 10.6 Å². The highest BCUT2D eigenvalue weighted by Gasteiger charge is 2.16. The molecule has 0 saturated heterocycles. The van der Waals surface area contributed by atoms with Crippen LogP contribution in [0.5, 0.6) is 0 Å². The van der Waals surface area contributed by atoms with E-state index in [2.05, 4.69) is 5.32 Å². The van der Waals surface area contributed by atoms with E-state index in [0.717, 1.165) is 17.6 Å². The van der Waals surface area contributed by atoms with Gasteiger partial charge in [0.1, 0.15) is 10.7 Å². The molecule has 0 unspecified atom stereocenters. The van der Waals surface area contributed by atoms with Crippen LogP contribution in [0.25, 0.3) is 0 Å². The summed E-state index contributed by atoms with van der Waals surface area (Å²) < 4.78 is 36.1. The number of carbonyl (C=O) groups is 1. The van der Waals surface area contributed by atoms with Crippen molar-refractivity contribution in [1.82, 2.24) is 0 Å². The molecule has 0 aliphatic rings. The van der Waals surface area contributed by atoms with Crippen LogP contribution in [0.3, 0.4) is 0 Å². The van der Waals surface area contributed by atoms with Crippen LogP contribution < -0.4 is 5.32 Å². The van der Waals surface area contributed by atoms with Crippen LogP contribution in [0.1, 0.15) is 20.8 Å². The lowest BCUT2D eigenvalue weighted by molar-refractivity contribution is 0.102. The minimum atomic E-state index is -3.17. The minimum absolute atomic E-state index is 0.00270. The normalized spacial score (nSPS) is 11.4. The van der Waals surface area contributed by atoms with Crippen molar-refractivity contribution in [2.75, 3.05) is 11.6 Å². The number of carbonyl (C=O) groups excluding carboxylic acids is 1. The number of sulfone groups is 1. The molecule has 0 aliphatic carbocycles. The second kappa shape index (κ2) is 5.95. The number of benzene rings is 1. The van der Waals surface area contributed by atoms with Gasteiger partial charge in [-0.1, -0.05) is 12.1 Å². The topological polar surface area (TPSA) is 63.2 Å². The number of halogens is 1. The highest BCUT2D eigenvalue weighted by molar-refractivity contribution is 7.89. The van der Waals surface area contributed by atoms with Crippen LogP contribution in [-0.2, 0) is 15.6 Å². The SMILES string of the molecule is Cc1c(CS(C)(=O)=O)cccc1NC(=O)c1sccc1F. The summed E-state index contributed by atoms with van der Waals surface area (Å²) >= 11 is 1.01. The Bertz CT molecular complexity index is 781. The number of hydrogen-bond donors (Lipinski definition) is 1. The van der Waals surface area contributed by atoms with E-state index in [1.165, 1.54) is 11.4 Å². The maximum absolute atomic E-state index is 13.4. The fourth-order valence-electron chi connectivity index (χ4n) is 1.89. The maximum atomic E-state index is 13.4. The van der Waals surface area contributed by atoms with Crippen molar-refractivity contribution in [3.05, 3.63) is 51.5 Å². The van der Waals surface area contributed by atoms with Crippen molar-refractivity contribution in [3.63, 3.8) is 0 Å². The van der Waals surface area contributed by atoms with E-state index in [4.69, 9.17) is 0 Å². The van der Waals surface area contributed by atoms with Crippen LogP contribution in [-0.4, -0.2) is 20.6 Å². The third-order valence-electron chi connectivity index (χ3n) is 2.94. The Morgan fingerprint density at radius 1 is 1.33 bits per heavy atom. The van der Waals surface area contributed by atoms with Crippen molar-refractivity contribution in [1.29, 1.82) is 0 Å². The molecule has 1 heterocycles. The van der Waals surface area contributed by atoms with Gasteiger partial charge in [0.05, 0.1) is 5.75 Å². The Morgan fingerprint density at radius 3 is 2.62 bits per heavy atom. The quantitative estimate of drug-likeness (QED) is 0.939. The van der Waals surface area contributed by atoms with E-state index in [0.29, 0.717) is 16.8 Å². The molecular weight excluding hydrogens is 313 g/mol. The zero-order valence-electron chi connectivity index (χ0n) is 11.5. The monoisotopic (exact) mass is 327 g/mol. The first-order valence-corrected chi connectivity index (χ1v) is 9.02. The average molecular weight is 327 g/mol. The second-order valence-corrected chi connectivity index (χ2v) is 7.77.